The molecule has 1 heterocycles. The zero-order valence-corrected chi connectivity index (χ0v) is 10.1. The Morgan fingerprint density at radius 2 is 2.12 bits per heavy atom. The first-order valence-corrected chi connectivity index (χ1v) is 5.82. The highest BCUT2D eigenvalue weighted by molar-refractivity contribution is 5.93. The van der Waals surface area contributed by atoms with Gasteiger partial charge in [0.1, 0.15) is 5.56 Å². The van der Waals surface area contributed by atoms with E-state index in [1.165, 1.54) is 0 Å². The third-order valence-corrected chi connectivity index (χ3v) is 3.03. The summed E-state index contributed by atoms with van der Waals surface area (Å²) in [5, 5.41) is 0. The van der Waals surface area contributed by atoms with Crippen molar-refractivity contribution in [2.75, 3.05) is 0 Å². The summed E-state index contributed by atoms with van der Waals surface area (Å²) in [5.74, 6) is 4.80. The second-order valence-electron chi connectivity index (χ2n) is 4.71. The summed E-state index contributed by atoms with van der Waals surface area (Å²) in [6.07, 6.45) is 2.01. The zero-order chi connectivity index (χ0) is 12.6. The molecule has 0 radical (unpaired) electrons. The first kappa shape index (κ1) is 11.9. The first-order valence-electron chi connectivity index (χ1n) is 5.82. The Hall–Kier alpha value is -1.62. The van der Waals surface area contributed by atoms with Crippen LogP contribution in [0.25, 0.3) is 0 Å². The number of nitrogens with zero attached hydrogens (tertiary/aromatic N) is 1. The monoisotopic (exact) mass is 235 g/mol. The molecule has 1 amide bonds. The van der Waals surface area contributed by atoms with E-state index in [1.807, 2.05) is 25.3 Å². The molecular weight excluding hydrogens is 218 g/mol. The highest BCUT2D eigenvalue weighted by Crippen LogP contribution is 2.36. The highest BCUT2D eigenvalue weighted by atomic mass is 16.2. The molecule has 92 valence electrons. The molecule has 1 aromatic heterocycles. The van der Waals surface area contributed by atoms with Crippen LogP contribution in [0.4, 0.5) is 0 Å². The average Bonchev–Trinajstić information content (AvgIpc) is 3.11. The van der Waals surface area contributed by atoms with Gasteiger partial charge in [-0.1, -0.05) is 13.8 Å². The molecule has 0 aliphatic heterocycles. The van der Waals surface area contributed by atoms with E-state index >= 15 is 0 Å². The summed E-state index contributed by atoms with van der Waals surface area (Å²) in [5.41, 5.74) is 2.86. The molecular formula is C12H17N3O2. The van der Waals surface area contributed by atoms with Crippen LogP contribution in [0.15, 0.2) is 16.9 Å². The Balaban J connectivity index is 2.58. The Morgan fingerprint density at radius 3 is 2.59 bits per heavy atom. The van der Waals surface area contributed by atoms with E-state index in [2.05, 4.69) is 0 Å². The van der Waals surface area contributed by atoms with E-state index in [0.29, 0.717) is 0 Å². The second-order valence-corrected chi connectivity index (χ2v) is 4.71. The van der Waals surface area contributed by atoms with Crippen molar-refractivity contribution in [1.29, 1.82) is 0 Å². The Kier molecular flexibility index (Phi) is 3.02. The lowest BCUT2D eigenvalue weighted by Crippen LogP contribution is -2.37. The SMILES string of the molecule is CC(C)c1ccc(C(=O)NN)c(=O)n1C1CC1. The van der Waals surface area contributed by atoms with E-state index < -0.39 is 5.91 Å². The average molecular weight is 235 g/mol. The summed E-state index contributed by atoms with van der Waals surface area (Å²) >= 11 is 0. The summed E-state index contributed by atoms with van der Waals surface area (Å²) in [7, 11) is 0. The third kappa shape index (κ3) is 2.10. The number of pyridine rings is 1. The van der Waals surface area contributed by atoms with Crippen LogP contribution in [-0.2, 0) is 0 Å². The van der Waals surface area contributed by atoms with Crippen LogP contribution < -0.4 is 16.8 Å². The maximum atomic E-state index is 12.2. The van der Waals surface area contributed by atoms with Crippen LogP contribution >= 0.6 is 0 Å². The van der Waals surface area contributed by atoms with E-state index in [9.17, 15) is 9.59 Å². The quantitative estimate of drug-likeness (QED) is 0.464. The molecule has 0 saturated heterocycles. The molecule has 0 spiro atoms. The van der Waals surface area contributed by atoms with Crippen LogP contribution in [-0.4, -0.2) is 10.5 Å². The van der Waals surface area contributed by atoms with Crippen LogP contribution in [0.3, 0.4) is 0 Å². The van der Waals surface area contributed by atoms with Gasteiger partial charge in [0, 0.05) is 11.7 Å². The standard InChI is InChI=1S/C12H17N3O2/c1-7(2)10-6-5-9(11(16)14-13)12(17)15(10)8-3-4-8/h5-8H,3-4,13H2,1-2H3,(H,14,16). The molecule has 0 bridgehead atoms. The number of nitrogen functional groups attached to an aromatic ring is 1. The first-order chi connectivity index (χ1) is 8.06. The number of hydrogen-bond acceptors (Lipinski definition) is 3. The van der Waals surface area contributed by atoms with Crippen molar-refractivity contribution in [3.8, 4) is 0 Å². The van der Waals surface area contributed by atoms with Gasteiger partial charge in [-0.15, -0.1) is 0 Å². The fraction of sp³-hybridized carbons (Fsp3) is 0.500. The maximum absolute atomic E-state index is 12.2. The molecule has 0 atom stereocenters. The van der Waals surface area contributed by atoms with Crippen molar-refractivity contribution in [3.63, 3.8) is 0 Å². The van der Waals surface area contributed by atoms with Gasteiger partial charge in [0.25, 0.3) is 11.5 Å². The number of carbonyl (C=O) groups excluding carboxylic acids is 1. The molecule has 17 heavy (non-hydrogen) atoms. The van der Waals surface area contributed by atoms with Gasteiger partial charge in [0.2, 0.25) is 0 Å². The lowest BCUT2D eigenvalue weighted by atomic mass is 10.1. The van der Waals surface area contributed by atoms with Gasteiger partial charge in [-0.3, -0.25) is 15.0 Å². The minimum atomic E-state index is -0.528. The molecule has 0 aromatic carbocycles. The summed E-state index contributed by atoms with van der Waals surface area (Å²) in [6.45, 7) is 4.08. The van der Waals surface area contributed by atoms with Crippen molar-refractivity contribution < 1.29 is 4.79 Å². The van der Waals surface area contributed by atoms with Gasteiger partial charge in [0.05, 0.1) is 0 Å². The molecule has 1 fully saturated rings. The van der Waals surface area contributed by atoms with Gasteiger partial charge in [-0.25, -0.2) is 5.84 Å². The van der Waals surface area contributed by atoms with Crippen molar-refractivity contribution in [1.82, 2.24) is 9.99 Å². The Labute approximate surface area is 99.6 Å². The molecule has 1 saturated carbocycles. The molecule has 1 aliphatic rings. The topological polar surface area (TPSA) is 77.1 Å². The number of aromatic nitrogens is 1. The fourth-order valence-corrected chi connectivity index (χ4v) is 2.00. The normalized spacial score (nSPS) is 15.1. The highest BCUT2D eigenvalue weighted by Gasteiger charge is 2.29. The molecule has 0 unspecified atom stereocenters. The summed E-state index contributed by atoms with van der Waals surface area (Å²) in [6, 6.07) is 3.65. The predicted molar refractivity (Wildman–Crippen MR) is 64.7 cm³/mol. The fourth-order valence-electron chi connectivity index (χ4n) is 2.00. The van der Waals surface area contributed by atoms with Crippen molar-refractivity contribution in [2.24, 2.45) is 5.84 Å². The van der Waals surface area contributed by atoms with Crippen LogP contribution in [0.1, 0.15) is 54.7 Å². The Bertz CT molecular complexity index is 501. The van der Waals surface area contributed by atoms with Gasteiger partial charge < -0.3 is 4.57 Å². The number of hydrogen-bond donors (Lipinski definition) is 2. The summed E-state index contributed by atoms with van der Waals surface area (Å²) < 4.78 is 1.75. The Morgan fingerprint density at radius 1 is 1.47 bits per heavy atom. The van der Waals surface area contributed by atoms with Gasteiger partial charge >= 0.3 is 0 Å². The smallest absolute Gasteiger partial charge is 0.270 e. The van der Waals surface area contributed by atoms with E-state index in [4.69, 9.17) is 5.84 Å². The lowest BCUT2D eigenvalue weighted by Gasteiger charge is -2.16. The minimum absolute atomic E-state index is 0.115. The molecule has 1 aromatic rings. The molecule has 1 aliphatic carbocycles. The number of carbonyl (C=O) groups is 1. The number of nitrogens with one attached hydrogen (secondary N) is 1. The third-order valence-electron chi connectivity index (χ3n) is 3.03. The molecule has 5 nitrogen and oxygen atoms in total. The van der Waals surface area contributed by atoms with Gasteiger partial charge in [-0.2, -0.15) is 0 Å². The maximum Gasteiger partial charge on any atom is 0.270 e. The number of nitrogens with two attached hydrogens (primary N) is 1. The number of amides is 1. The summed E-state index contributed by atoms with van der Waals surface area (Å²) in [4.78, 5) is 23.7. The molecule has 5 heteroatoms. The van der Waals surface area contributed by atoms with Crippen LogP contribution in [0, 0.1) is 0 Å². The zero-order valence-electron chi connectivity index (χ0n) is 10.1. The minimum Gasteiger partial charge on any atom is -0.309 e. The van der Waals surface area contributed by atoms with Crippen LogP contribution in [0.2, 0.25) is 0 Å². The van der Waals surface area contributed by atoms with Crippen molar-refractivity contribution in [2.45, 2.75) is 38.6 Å². The van der Waals surface area contributed by atoms with E-state index in [0.717, 1.165) is 18.5 Å². The number of hydrazine groups is 1. The lowest BCUT2D eigenvalue weighted by molar-refractivity contribution is 0.0951. The van der Waals surface area contributed by atoms with Gasteiger partial charge in [0.15, 0.2) is 0 Å². The molecule has 3 N–H and O–H groups in total. The number of rotatable bonds is 3. The van der Waals surface area contributed by atoms with E-state index in [1.54, 1.807) is 10.6 Å². The van der Waals surface area contributed by atoms with E-state index in [-0.39, 0.29) is 23.1 Å². The van der Waals surface area contributed by atoms with Gasteiger partial charge in [-0.05, 0) is 30.9 Å². The van der Waals surface area contributed by atoms with Crippen molar-refractivity contribution >= 4 is 5.91 Å². The predicted octanol–water partition coefficient (Wildman–Crippen LogP) is 0.910. The second kappa shape index (κ2) is 4.33. The van der Waals surface area contributed by atoms with Crippen molar-refractivity contribution in [3.05, 3.63) is 33.7 Å². The molecule has 2 rings (SSSR count). The largest absolute Gasteiger partial charge is 0.309 e. The van der Waals surface area contributed by atoms with Crippen LogP contribution in [0.5, 0.6) is 0 Å².